The van der Waals surface area contributed by atoms with Crippen molar-refractivity contribution in [2.24, 2.45) is 0 Å². The van der Waals surface area contributed by atoms with Crippen molar-refractivity contribution in [3.63, 3.8) is 0 Å². The average Bonchev–Trinajstić information content (AvgIpc) is 3.01. The molecule has 3 aromatic rings. The lowest BCUT2D eigenvalue weighted by atomic mass is 10.1. The van der Waals surface area contributed by atoms with Crippen molar-refractivity contribution < 1.29 is 9.59 Å². The van der Waals surface area contributed by atoms with Gasteiger partial charge < -0.3 is 10.6 Å². The molecule has 27 heavy (non-hydrogen) atoms. The molecule has 6 heteroatoms. The minimum atomic E-state index is -0.141. The van der Waals surface area contributed by atoms with Crippen LogP contribution in [0.15, 0.2) is 48.5 Å². The Bertz CT molecular complexity index is 937. The smallest absolute Gasteiger partial charge is 0.224 e. The summed E-state index contributed by atoms with van der Waals surface area (Å²) in [5.74, 6) is -0.125. The van der Waals surface area contributed by atoms with Crippen molar-refractivity contribution in [3.8, 4) is 0 Å². The first-order chi connectivity index (χ1) is 13.0. The molecule has 0 fully saturated rings. The maximum atomic E-state index is 12.3. The summed E-state index contributed by atoms with van der Waals surface area (Å²) >= 11 is 1.41. The molecule has 1 atom stereocenters. The SMILES string of the molecule is CC(=O)Nc1nc2ccc(CC(=O)N[C@H](C)CCc3ccccc3)cc2s1. The number of benzene rings is 2. The van der Waals surface area contributed by atoms with E-state index in [0.29, 0.717) is 11.6 Å². The van der Waals surface area contributed by atoms with E-state index in [4.69, 9.17) is 0 Å². The Hall–Kier alpha value is -2.73. The highest BCUT2D eigenvalue weighted by Crippen LogP contribution is 2.27. The number of rotatable bonds is 7. The van der Waals surface area contributed by atoms with E-state index >= 15 is 0 Å². The molecule has 0 aliphatic carbocycles. The number of fused-ring (bicyclic) bond motifs is 1. The van der Waals surface area contributed by atoms with E-state index in [0.717, 1.165) is 28.6 Å². The molecule has 1 aromatic heterocycles. The molecule has 2 N–H and O–H groups in total. The molecular formula is C21H23N3O2S. The van der Waals surface area contributed by atoms with Crippen molar-refractivity contribution in [3.05, 3.63) is 59.7 Å². The third-order valence-electron chi connectivity index (χ3n) is 4.22. The predicted molar refractivity (Wildman–Crippen MR) is 110 cm³/mol. The van der Waals surface area contributed by atoms with Crippen LogP contribution in [0.1, 0.15) is 31.4 Å². The van der Waals surface area contributed by atoms with Gasteiger partial charge in [0, 0.05) is 13.0 Å². The van der Waals surface area contributed by atoms with Gasteiger partial charge in [-0.3, -0.25) is 9.59 Å². The van der Waals surface area contributed by atoms with Crippen LogP contribution in [0.5, 0.6) is 0 Å². The first-order valence-electron chi connectivity index (χ1n) is 9.00. The molecule has 0 bridgehead atoms. The van der Waals surface area contributed by atoms with Gasteiger partial charge >= 0.3 is 0 Å². The Morgan fingerprint density at radius 2 is 1.89 bits per heavy atom. The summed E-state index contributed by atoms with van der Waals surface area (Å²) in [6.07, 6.45) is 2.18. The number of carbonyl (C=O) groups is 2. The third kappa shape index (κ3) is 5.62. The number of nitrogens with zero attached hydrogens (tertiary/aromatic N) is 1. The number of nitrogens with one attached hydrogen (secondary N) is 2. The van der Waals surface area contributed by atoms with Gasteiger partial charge in [-0.2, -0.15) is 0 Å². The molecule has 0 radical (unpaired) electrons. The Labute approximate surface area is 162 Å². The minimum absolute atomic E-state index is 0.0153. The first kappa shape index (κ1) is 19.0. The molecule has 0 aliphatic heterocycles. The van der Waals surface area contributed by atoms with Crippen LogP contribution >= 0.6 is 11.3 Å². The summed E-state index contributed by atoms with van der Waals surface area (Å²) in [4.78, 5) is 27.9. The first-order valence-corrected chi connectivity index (χ1v) is 9.81. The fourth-order valence-corrected chi connectivity index (χ4v) is 3.87. The number of hydrogen-bond donors (Lipinski definition) is 2. The number of amides is 2. The summed E-state index contributed by atoms with van der Waals surface area (Å²) in [5.41, 5.74) is 3.04. The van der Waals surface area contributed by atoms with E-state index < -0.39 is 0 Å². The highest BCUT2D eigenvalue weighted by molar-refractivity contribution is 7.22. The zero-order valence-electron chi connectivity index (χ0n) is 15.5. The van der Waals surface area contributed by atoms with Gasteiger partial charge in [-0.25, -0.2) is 4.98 Å². The molecule has 3 rings (SSSR count). The van der Waals surface area contributed by atoms with Gasteiger partial charge in [-0.05, 0) is 43.0 Å². The van der Waals surface area contributed by atoms with Crippen LogP contribution in [-0.2, 0) is 22.4 Å². The molecule has 0 unspecified atom stereocenters. The molecule has 140 valence electrons. The predicted octanol–water partition coefficient (Wildman–Crippen LogP) is 3.93. The van der Waals surface area contributed by atoms with E-state index in [1.165, 1.54) is 23.8 Å². The van der Waals surface area contributed by atoms with Gasteiger partial charge in [0.05, 0.1) is 16.6 Å². The lowest BCUT2D eigenvalue weighted by Crippen LogP contribution is -2.34. The van der Waals surface area contributed by atoms with Crippen molar-refractivity contribution >= 4 is 38.5 Å². The fraction of sp³-hybridized carbons (Fsp3) is 0.286. The third-order valence-corrected chi connectivity index (χ3v) is 5.15. The van der Waals surface area contributed by atoms with Crippen LogP contribution in [-0.4, -0.2) is 22.8 Å². The van der Waals surface area contributed by atoms with E-state index in [1.54, 1.807) is 0 Å². The maximum Gasteiger partial charge on any atom is 0.224 e. The Balaban J connectivity index is 1.54. The molecule has 0 saturated carbocycles. The van der Waals surface area contributed by atoms with Crippen LogP contribution in [0, 0.1) is 0 Å². The van der Waals surface area contributed by atoms with Crippen molar-refractivity contribution in [2.45, 2.75) is 39.2 Å². The lowest BCUT2D eigenvalue weighted by Gasteiger charge is -2.14. The standard InChI is InChI=1S/C21H23N3O2S/c1-14(8-9-16-6-4-3-5-7-16)22-20(26)13-17-10-11-18-19(12-17)27-21(24-18)23-15(2)25/h3-7,10-12,14H,8-9,13H2,1-2H3,(H,22,26)(H,23,24,25)/t14-/m1/s1. The highest BCUT2D eigenvalue weighted by Gasteiger charge is 2.11. The maximum absolute atomic E-state index is 12.3. The molecule has 0 saturated heterocycles. The van der Waals surface area contributed by atoms with Crippen molar-refractivity contribution in [1.29, 1.82) is 0 Å². The summed E-state index contributed by atoms with van der Waals surface area (Å²) < 4.78 is 0.959. The highest BCUT2D eigenvalue weighted by atomic mass is 32.1. The molecule has 1 heterocycles. The van der Waals surface area contributed by atoms with Gasteiger partial charge in [0.1, 0.15) is 0 Å². The number of hydrogen-bond acceptors (Lipinski definition) is 4. The second kappa shape index (κ2) is 8.77. The van der Waals surface area contributed by atoms with Crippen LogP contribution in [0.3, 0.4) is 0 Å². The quantitative estimate of drug-likeness (QED) is 0.651. The molecule has 0 aliphatic rings. The van der Waals surface area contributed by atoms with Gasteiger partial charge in [0.25, 0.3) is 0 Å². The number of anilines is 1. The summed E-state index contributed by atoms with van der Waals surface area (Å²) in [5, 5.41) is 6.34. The zero-order valence-corrected chi connectivity index (χ0v) is 16.3. The summed E-state index contributed by atoms with van der Waals surface area (Å²) in [6, 6.07) is 16.2. The van der Waals surface area contributed by atoms with Gasteiger partial charge in [-0.15, -0.1) is 0 Å². The lowest BCUT2D eigenvalue weighted by molar-refractivity contribution is -0.121. The van der Waals surface area contributed by atoms with Crippen molar-refractivity contribution in [2.75, 3.05) is 5.32 Å². The van der Waals surface area contributed by atoms with E-state index in [-0.39, 0.29) is 17.9 Å². The number of aromatic nitrogens is 1. The Morgan fingerprint density at radius 3 is 2.63 bits per heavy atom. The largest absolute Gasteiger partial charge is 0.353 e. The molecule has 2 amide bonds. The molecular weight excluding hydrogens is 358 g/mol. The van der Waals surface area contributed by atoms with E-state index in [2.05, 4.69) is 27.8 Å². The Morgan fingerprint density at radius 1 is 1.11 bits per heavy atom. The van der Waals surface area contributed by atoms with Crippen LogP contribution in [0.4, 0.5) is 5.13 Å². The van der Waals surface area contributed by atoms with Gasteiger partial charge in [0.15, 0.2) is 5.13 Å². The fourth-order valence-electron chi connectivity index (χ4n) is 2.89. The minimum Gasteiger partial charge on any atom is -0.353 e. The molecule has 0 spiro atoms. The van der Waals surface area contributed by atoms with Crippen LogP contribution in [0.2, 0.25) is 0 Å². The van der Waals surface area contributed by atoms with Crippen LogP contribution in [0.25, 0.3) is 10.2 Å². The number of aryl methyl sites for hydroxylation is 1. The second-order valence-electron chi connectivity index (χ2n) is 6.67. The topological polar surface area (TPSA) is 71.1 Å². The van der Waals surface area contributed by atoms with E-state index in [9.17, 15) is 9.59 Å². The normalized spacial score (nSPS) is 11.9. The van der Waals surface area contributed by atoms with Crippen LogP contribution < -0.4 is 10.6 Å². The monoisotopic (exact) mass is 381 g/mol. The van der Waals surface area contributed by atoms with Gasteiger partial charge in [0.2, 0.25) is 11.8 Å². The summed E-state index contributed by atoms with van der Waals surface area (Å²) in [7, 11) is 0. The average molecular weight is 382 g/mol. The number of thiazole rings is 1. The zero-order chi connectivity index (χ0) is 19.2. The molecule has 5 nitrogen and oxygen atoms in total. The second-order valence-corrected chi connectivity index (χ2v) is 7.70. The number of carbonyl (C=O) groups excluding carboxylic acids is 2. The van der Waals surface area contributed by atoms with Gasteiger partial charge in [-0.1, -0.05) is 47.7 Å². The van der Waals surface area contributed by atoms with Crippen molar-refractivity contribution in [1.82, 2.24) is 10.3 Å². The Kier molecular flexibility index (Phi) is 6.19. The molecule has 2 aromatic carbocycles. The summed E-state index contributed by atoms with van der Waals surface area (Å²) in [6.45, 7) is 3.49. The van der Waals surface area contributed by atoms with E-state index in [1.807, 2.05) is 43.3 Å².